The Bertz CT molecular complexity index is 180. The molecule has 1 rings (SSSR count). The van der Waals surface area contributed by atoms with E-state index in [2.05, 4.69) is 10.3 Å². The molecule has 1 heterocycles. The van der Waals surface area contributed by atoms with E-state index < -0.39 is 6.04 Å². The van der Waals surface area contributed by atoms with E-state index in [1.165, 1.54) is 0 Å². The number of nitrogens with zero attached hydrogens (tertiary/aromatic N) is 3. The van der Waals surface area contributed by atoms with Gasteiger partial charge in [-0.05, 0) is 12.8 Å². The topological polar surface area (TPSA) is 97.1 Å². The molecule has 6 heteroatoms. The lowest BCUT2D eigenvalue weighted by molar-refractivity contribution is -0.135. The molecule has 0 aromatic heterocycles. The van der Waals surface area contributed by atoms with Gasteiger partial charge in [0.15, 0.2) is 6.04 Å². The van der Waals surface area contributed by atoms with E-state index in [4.69, 9.17) is 11.7 Å². The molecule has 0 aromatic rings. The highest BCUT2D eigenvalue weighted by atomic mass is 16.2. The van der Waals surface area contributed by atoms with Gasteiger partial charge in [-0.25, -0.2) is 5.84 Å². The van der Waals surface area contributed by atoms with Gasteiger partial charge in [-0.15, -0.1) is 0 Å². The molecule has 1 atom stereocenters. The second-order valence-corrected chi connectivity index (χ2v) is 2.42. The molecule has 6 nitrogen and oxygen atoms in total. The Morgan fingerprint density at radius 2 is 2.36 bits per heavy atom. The van der Waals surface area contributed by atoms with Crippen molar-refractivity contribution in [1.29, 1.82) is 0 Å². The van der Waals surface area contributed by atoms with E-state index in [1.54, 1.807) is 0 Å². The van der Waals surface area contributed by atoms with Crippen molar-refractivity contribution < 1.29 is 4.79 Å². The largest absolute Gasteiger partial charge is 0.305 e. The molecule has 1 aliphatic rings. The molecule has 11 heavy (non-hydrogen) atoms. The Morgan fingerprint density at radius 3 is 3.00 bits per heavy atom. The fraction of sp³-hybridized carbons (Fsp3) is 0.800. The van der Waals surface area contributed by atoms with Crippen LogP contribution in [-0.4, -0.2) is 23.5 Å². The number of carbonyl (C=O) groups is 1. The lowest BCUT2D eigenvalue weighted by Gasteiger charge is -2.24. The van der Waals surface area contributed by atoms with Crippen LogP contribution < -0.4 is 11.7 Å². The van der Waals surface area contributed by atoms with Crippen molar-refractivity contribution in [3.63, 3.8) is 0 Å². The molecule has 4 N–H and O–H groups in total. The van der Waals surface area contributed by atoms with Crippen LogP contribution in [0, 0.1) is 0 Å². The van der Waals surface area contributed by atoms with Gasteiger partial charge >= 0.3 is 0 Å². The fourth-order valence-corrected chi connectivity index (χ4v) is 1.07. The van der Waals surface area contributed by atoms with E-state index in [0.29, 0.717) is 13.0 Å². The second-order valence-electron chi connectivity index (χ2n) is 2.42. The zero-order valence-electron chi connectivity index (χ0n) is 6.10. The van der Waals surface area contributed by atoms with Gasteiger partial charge in [-0.3, -0.25) is 9.80 Å². The van der Waals surface area contributed by atoms with E-state index >= 15 is 0 Å². The quantitative estimate of drug-likeness (QED) is 0.225. The fourth-order valence-electron chi connectivity index (χ4n) is 1.07. The van der Waals surface area contributed by atoms with Crippen LogP contribution in [-0.2, 0) is 4.79 Å². The third-order valence-electron chi connectivity index (χ3n) is 1.65. The maximum Gasteiger partial charge on any atom is 0.263 e. The molecule has 0 spiro atoms. The van der Waals surface area contributed by atoms with Crippen molar-refractivity contribution in [2.24, 2.45) is 22.0 Å². The molecule has 0 aliphatic carbocycles. The molecule has 1 fully saturated rings. The highest BCUT2D eigenvalue weighted by Gasteiger charge is 2.26. The van der Waals surface area contributed by atoms with Gasteiger partial charge in [0.25, 0.3) is 5.91 Å². The Balaban J connectivity index is 2.58. The number of nitrogens with two attached hydrogens (primary N) is 2. The van der Waals surface area contributed by atoms with Crippen LogP contribution in [0.3, 0.4) is 0 Å². The van der Waals surface area contributed by atoms with Crippen molar-refractivity contribution in [3.05, 3.63) is 0 Å². The van der Waals surface area contributed by atoms with Crippen molar-refractivity contribution >= 4 is 5.91 Å². The van der Waals surface area contributed by atoms with Crippen molar-refractivity contribution in [2.75, 3.05) is 6.54 Å². The maximum absolute atomic E-state index is 11.1. The van der Waals surface area contributed by atoms with E-state index in [-0.39, 0.29) is 5.91 Å². The number of rotatable bonds is 1. The normalized spacial score (nSPS) is 26.5. The summed E-state index contributed by atoms with van der Waals surface area (Å²) in [5.41, 5.74) is 0. The first-order chi connectivity index (χ1) is 5.25. The highest BCUT2D eigenvalue weighted by molar-refractivity contribution is 5.82. The van der Waals surface area contributed by atoms with Gasteiger partial charge in [0.1, 0.15) is 0 Å². The monoisotopic (exact) mass is 157 g/mol. The van der Waals surface area contributed by atoms with Crippen LogP contribution in [0.15, 0.2) is 10.3 Å². The number of hydrogen-bond acceptors (Lipinski definition) is 4. The smallest absolute Gasteiger partial charge is 0.263 e. The van der Waals surface area contributed by atoms with Crippen molar-refractivity contribution in [1.82, 2.24) is 5.01 Å². The maximum atomic E-state index is 11.1. The Hall–Kier alpha value is -1.17. The minimum absolute atomic E-state index is 0.203. The predicted molar refractivity (Wildman–Crippen MR) is 38.0 cm³/mol. The van der Waals surface area contributed by atoms with Gasteiger partial charge in [0.05, 0.1) is 0 Å². The molecule has 0 aromatic carbocycles. The van der Waals surface area contributed by atoms with Crippen LogP contribution >= 0.6 is 0 Å². The number of piperidine rings is 1. The summed E-state index contributed by atoms with van der Waals surface area (Å²) < 4.78 is 0. The summed E-state index contributed by atoms with van der Waals surface area (Å²) in [4.78, 5) is 11.1. The first-order valence-corrected chi connectivity index (χ1v) is 3.42. The number of hydrazine groups is 1. The molecule has 1 saturated heterocycles. The molecule has 1 unspecified atom stereocenters. The zero-order valence-corrected chi connectivity index (χ0v) is 6.10. The summed E-state index contributed by atoms with van der Waals surface area (Å²) in [6.07, 6.45) is 1.54. The average molecular weight is 157 g/mol. The number of carbonyl (C=O) groups excluding carboxylic acids is 1. The first-order valence-electron chi connectivity index (χ1n) is 3.42. The number of amides is 1. The summed E-state index contributed by atoms with van der Waals surface area (Å²) in [5.74, 6) is 9.95. The summed E-state index contributed by atoms with van der Waals surface area (Å²) >= 11 is 0. The molecular formula is C5H11N5O. The van der Waals surface area contributed by atoms with Crippen LogP contribution in [0.1, 0.15) is 12.8 Å². The Kier molecular flexibility index (Phi) is 2.37. The highest BCUT2D eigenvalue weighted by Crippen LogP contribution is 2.11. The van der Waals surface area contributed by atoms with Crippen LogP contribution in [0.25, 0.3) is 0 Å². The van der Waals surface area contributed by atoms with E-state index in [1.807, 2.05) is 0 Å². The second kappa shape index (κ2) is 3.29. The van der Waals surface area contributed by atoms with E-state index in [0.717, 1.165) is 11.4 Å². The van der Waals surface area contributed by atoms with E-state index in [9.17, 15) is 4.79 Å². The van der Waals surface area contributed by atoms with Gasteiger partial charge in [0.2, 0.25) is 0 Å². The molecule has 0 radical (unpaired) electrons. The number of hydrogen-bond donors (Lipinski definition) is 2. The SMILES string of the molecule is NN=NC1CCCN(N)C1=O. The third-order valence-corrected chi connectivity index (χ3v) is 1.65. The minimum atomic E-state index is -0.459. The molecule has 0 bridgehead atoms. The third kappa shape index (κ3) is 1.64. The van der Waals surface area contributed by atoms with Crippen molar-refractivity contribution in [2.45, 2.75) is 18.9 Å². The van der Waals surface area contributed by atoms with Crippen molar-refractivity contribution in [3.8, 4) is 0 Å². The molecule has 62 valence electrons. The average Bonchev–Trinajstić information content (AvgIpc) is 1.99. The lowest BCUT2D eigenvalue weighted by atomic mass is 10.1. The summed E-state index contributed by atoms with van der Waals surface area (Å²) in [5, 5.41) is 7.77. The standard InChI is InChI=1S/C5H11N5O/c6-9-8-4-2-1-3-10(7)5(4)11/h4H,1-3,7H2,(H2,6,8). The van der Waals surface area contributed by atoms with Gasteiger partial charge in [0, 0.05) is 6.54 Å². The molecule has 1 amide bonds. The Morgan fingerprint density at radius 1 is 1.64 bits per heavy atom. The van der Waals surface area contributed by atoms with Gasteiger partial charge < -0.3 is 5.84 Å². The summed E-state index contributed by atoms with van der Waals surface area (Å²) in [6.45, 7) is 0.593. The van der Waals surface area contributed by atoms with Gasteiger partial charge in [-0.2, -0.15) is 5.11 Å². The van der Waals surface area contributed by atoms with Crippen LogP contribution in [0.5, 0.6) is 0 Å². The predicted octanol–water partition coefficient (Wildman–Crippen LogP) is -0.823. The zero-order chi connectivity index (χ0) is 8.27. The first kappa shape index (κ1) is 7.93. The summed E-state index contributed by atoms with van der Waals surface area (Å²) in [6, 6.07) is -0.459. The van der Waals surface area contributed by atoms with Crippen LogP contribution in [0.2, 0.25) is 0 Å². The Labute approximate surface area is 64.2 Å². The summed E-state index contributed by atoms with van der Waals surface area (Å²) in [7, 11) is 0. The minimum Gasteiger partial charge on any atom is -0.305 e. The molecule has 1 aliphatic heterocycles. The van der Waals surface area contributed by atoms with Crippen LogP contribution in [0.4, 0.5) is 0 Å². The van der Waals surface area contributed by atoms with Gasteiger partial charge in [-0.1, -0.05) is 5.22 Å². The molecule has 0 saturated carbocycles. The lowest BCUT2D eigenvalue weighted by Crippen LogP contribution is -2.47. The molecular weight excluding hydrogens is 146 g/mol.